The van der Waals surface area contributed by atoms with Crippen molar-refractivity contribution in [1.82, 2.24) is 0 Å². The maximum Gasteiger partial charge on any atom is 0.0149 e. The molecule has 150 valence electrons. The summed E-state index contributed by atoms with van der Waals surface area (Å²) in [6.07, 6.45) is 3.03. The molecule has 0 nitrogen and oxygen atoms in total. The zero-order chi connectivity index (χ0) is 21.2. The van der Waals surface area contributed by atoms with Gasteiger partial charge in [0, 0.05) is 5.92 Å². The van der Waals surface area contributed by atoms with E-state index in [1.165, 1.54) is 65.3 Å². The van der Waals surface area contributed by atoms with Gasteiger partial charge in [-0.05, 0) is 71.8 Å². The van der Waals surface area contributed by atoms with Crippen LogP contribution in [0.1, 0.15) is 23.5 Å². The topological polar surface area (TPSA) is 0 Å². The average Bonchev–Trinajstić information content (AvgIpc) is 3.20. The van der Waals surface area contributed by atoms with Crippen LogP contribution in [0.4, 0.5) is 0 Å². The van der Waals surface area contributed by atoms with E-state index in [9.17, 15) is 0 Å². The van der Waals surface area contributed by atoms with Gasteiger partial charge in [0.15, 0.2) is 0 Å². The lowest BCUT2D eigenvalue weighted by Gasteiger charge is -2.17. The molecule has 0 unspecified atom stereocenters. The summed E-state index contributed by atoms with van der Waals surface area (Å²) in [5, 5.41) is 10.8. The van der Waals surface area contributed by atoms with Crippen LogP contribution in [0, 0.1) is 0 Å². The van der Waals surface area contributed by atoms with Gasteiger partial charge >= 0.3 is 0 Å². The molecule has 0 aromatic heterocycles. The van der Waals surface area contributed by atoms with Gasteiger partial charge in [-0.1, -0.05) is 103 Å². The Morgan fingerprint density at radius 2 is 0.781 bits per heavy atom. The Labute approximate surface area is 187 Å². The molecule has 0 atom stereocenters. The quantitative estimate of drug-likeness (QED) is 0.199. The number of hydrogen-bond donors (Lipinski definition) is 0. The molecule has 6 aromatic carbocycles. The standard InChI is InChI=1S/C32H22/c1-2-11-28-29-24-16-7-3-12-20(24)22-14-5-9-18-26(22)31(29)32-27-19-10-6-15-23(27)21-13-4-8-17-25(21)30(28)32/h2-10,12-19,28H,1,11H2. The Balaban J connectivity index is 1.82. The number of hydrogen-bond acceptors (Lipinski definition) is 0. The molecule has 0 radical (unpaired) electrons. The molecular formula is C32H22. The lowest BCUT2D eigenvalue weighted by atomic mass is 9.86. The van der Waals surface area contributed by atoms with Gasteiger partial charge in [0.25, 0.3) is 0 Å². The zero-order valence-electron chi connectivity index (χ0n) is 17.8. The van der Waals surface area contributed by atoms with Gasteiger partial charge in [0.2, 0.25) is 0 Å². The summed E-state index contributed by atoms with van der Waals surface area (Å²) in [6.45, 7) is 4.15. The van der Waals surface area contributed by atoms with Crippen molar-refractivity contribution in [3.05, 3.63) is 121 Å². The highest BCUT2D eigenvalue weighted by atomic mass is 14.4. The molecule has 1 aliphatic rings. The third kappa shape index (κ3) is 2.17. The summed E-state index contributed by atoms with van der Waals surface area (Å²) in [4.78, 5) is 0. The van der Waals surface area contributed by atoms with Crippen LogP contribution in [0.2, 0.25) is 0 Å². The van der Waals surface area contributed by atoms with Crippen molar-refractivity contribution >= 4 is 43.1 Å². The smallest absolute Gasteiger partial charge is 0.0149 e. The molecule has 0 N–H and O–H groups in total. The molecule has 0 aliphatic heterocycles. The summed E-state index contributed by atoms with van der Waals surface area (Å²) < 4.78 is 0. The number of allylic oxidation sites excluding steroid dienone is 1. The zero-order valence-corrected chi connectivity index (χ0v) is 17.8. The van der Waals surface area contributed by atoms with Crippen LogP contribution in [0.15, 0.2) is 110 Å². The fourth-order valence-corrected chi connectivity index (χ4v) is 6.15. The van der Waals surface area contributed by atoms with Crippen molar-refractivity contribution in [3.63, 3.8) is 0 Å². The molecular weight excluding hydrogens is 384 g/mol. The molecule has 0 amide bonds. The number of fused-ring (bicyclic) bond motifs is 13. The normalized spacial score (nSPS) is 13.1. The van der Waals surface area contributed by atoms with Crippen LogP contribution in [0.5, 0.6) is 0 Å². The fraction of sp³-hybridized carbons (Fsp3) is 0.0625. The Morgan fingerprint density at radius 3 is 1.16 bits per heavy atom. The minimum absolute atomic E-state index is 0.307. The van der Waals surface area contributed by atoms with Crippen LogP contribution in [0.3, 0.4) is 0 Å². The predicted octanol–water partition coefficient (Wildman–Crippen LogP) is 8.99. The van der Waals surface area contributed by atoms with Gasteiger partial charge in [-0.15, -0.1) is 6.58 Å². The van der Waals surface area contributed by atoms with Crippen LogP contribution >= 0.6 is 0 Å². The van der Waals surface area contributed by atoms with E-state index >= 15 is 0 Å². The average molecular weight is 407 g/mol. The summed E-state index contributed by atoms with van der Waals surface area (Å²) in [5.41, 5.74) is 5.78. The van der Waals surface area contributed by atoms with E-state index in [0.29, 0.717) is 5.92 Å². The first kappa shape index (κ1) is 17.7. The first-order valence-electron chi connectivity index (χ1n) is 11.4. The van der Waals surface area contributed by atoms with E-state index < -0.39 is 0 Å². The maximum atomic E-state index is 4.15. The summed E-state index contributed by atoms with van der Waals surface area (Å²) >= 11 is 0. The Kier molecular flexibility index (Phi) is 3.63. The van der Waals surface area contributed by atoms with E-state index in [1.807, 2.05) is 0 Å². The first-order valence-corrected chi connectivity index (χ1v) is 11.4. The molecule has 0 heterocycles. The Bertz CT molecular complexity index is 1590. The minimum atomic E-state index is 0.307. The molecule has 0 fully saturated rings. The summed E-state index contributed by atoms with van der Waals surface area (Å²) in [6, 6.07) is 35.7. The van der Waals surface area contributed by atoms with Crippen molar-refractivity contribution in [2.24, 2.45) is 0 Å². The largest absolute Gasteiger partial charge is 0.103 e. The van der Waals surface area contributed by atoms with Gasteiger partial charge in [-0.3, -0.25) is 0 Å². The highest BCUT2D eigenvalue weighted by Crippen LogP contribution is 2.57. The van der Waals surface area contributed by atoms with Gasteiger partial charge in [-0.25, -0.2) is 0 Å². The summed E-state index contributed by atoms with van der Waals surface area (Å²) in [7, 11) is 0. The molecule has 0 saturated heterocycles. The van der Waals surface area contributed by atoms with E-state index in [4.69, 9.17) is 0 Å². The number of benzene rings is 6. The molecule has 0 saturated carbocycles. The van der Waals surface area contributed by atoms with Crippen molar-refractivity contribution in [3.8, 4) is 11.1 Å². The molecule has 7 rings (SSSR count). The Morgan fingerprint density at radius 1 is 0.469 bits per heavy atom. The number of rotatable bonds is 2. The lowest BCUT2D eigenvalue weighted by Crippen LogP contribution is -1.98. The molecule has 0 heteroatoms. The first-order chi connectivity index (χ1) is 15.9. The van der Waals surface area contributed by atoms with E-state index in [2.05, 4.69) is 110 Å². The lowest BCUT2D eigenvalue weighted by molar-refractivity contribution is 0.871. The monoisotopic (exact) mass is 406 g/mol. The predicted molar refractivity (Wildman–Crippen MR) is 139 cm³/mol. The third-order valence-corrected chi connectivity index (χ3v) is 7.30. The van der Waals surface area contributed by atoms with Crippen molar-refractivity contribution in [2.45, 2.75) is 12.3 Å². The second kappa shape index (κ2) is 6.55. The van der Waals surface area contributed by atoms with Gasteiger partial charge in [0.05, 0.1) is 0 Å². The van der Waals surface area contributed by atoms with Crippen LogP contribution in [-0.4, -0.2) is 0 Å². The van der Waals surface area contributed by atoms with Gasteiger partial charge in [-0.2, -0.15) is 0 Å². The van der Waals surface area contributed by atoms with Crippen LogP contribution in [0.25, 0.3) is 54.2 Å². The molecule has 6 aromatic rings. The molecule has 1 aliphatic carbocycles. The maximum absolute atomic E-state index is 4.15. The van der Waals surface area contributed by atoms with Crippen molar-refractivity contribution in [2.75, 3.05) is 0 Å². The fourth-order valence-electron chi connectivity index (χ4n) is 6.15. The SMILES string of the molecule is C=CCC1c2c(c3ccccc3c3ccccc23)-c2c1c1ccccc1c1ccccc21. The third-order valence-electron chi connectivity index (χ3n) is 7.30. The molecule has 0 bridgehead atoms. The van der Waals surface area contributed by atoms with Crippen molar-refractivity contribution < 1.29 is 0 Å². The second-order valence-corrected chi connectivity index (χ2v) is 8.84. The van der Waals surface area contributed by atoms with E-state index in [0.717, 1.165) is 6.42 Å². The summed E-state index contributed by atoms with van der Waals surface area (Å²) in [5.74, 6) is 0.307. The molecule has 32 heavy (non-hydrogen) atoms. The molecule has 0 spiro atoms. The highest BCUT2D eigenvalue weighted by molar-refractivity contribution is 6.25. The van der Waals surface area contributed by atoms with Crippen LogP contribution < -0.4 is 0 Å². The van der Waals surface area contributed by atoms with Crippen molar-refractivity contribution in [1.29, 1.82) is 0 Å². The van der Waals surface area contributed by atoms with E-state index in [-0.39, 0.29) is 0 Å². The van der Waals surface area contributed by atoms with E-state index in [1.54, 1.807) is 0 Å². The van der Waals surface area contributed by atoms with Gasteiger partial charge in [0.1, 0.15) is 0 Å². The highest BCUT2D eigenvalue weighted by Gasteiger charge is 2.34. The van der Waals surface area contributed by atoms with Gasteiger partial charge < -0.3 is 0 Å². The second-order valence-electron chi connectivity index (χ2n) is 8.84. The Hall–Kier alpha value is -3.90. The minimum Gasteiger partial charge on any atom is -0.103 e. The van der Waals surface area contributed by atoms with Crippen LogP contribution in [-0.2, 0) is 0 Å².